The Bertz CT molecular complexity index is 1100. The van der Waals surface area contributed by atoms with Crippen LogP contribution in [0.1, 0.15) is 5.56 Å². The molecule has 0 atom stereocenters. The lowest BCUT2D eigenvalue weighted by atomic mass is 10.2. The van der Waals surface area contributed by atoms with Gasteiger partial charge in [0.05, 0.1) is 11.6 Å². The second-order valence-corrected chi connectivity index (χ2v) is 6.06. The van der Waals surface area contributed by atoms with Crippen LogP contribution in [0.2, 0.25) is 0 Å². The molecular weight excluding hydrogens is 324 g/mol. The molecule has 0 amide bonds. The number of hydrogen-bond acceptors (Lipinski definition) is 6. The van der Waals surface area contributed by atoms with Gasteiger partial charge in [-0.05, 0) is 48.0 Å². The summed E-state index contributed by atoms with van der Waals surface area (Å²) in [6, 6.07) is 11.1. The maximum Gasteiger partial charge on any atom is 0.291 e. The van der Waals surface area contributed by atoms with Gasteiger partial charge in [0.2, 0.25) is 4.96 Å². The van der Waals surface area contributed by atoms with E-state index in [2.05, 4.69) is 15.1 Å². The lowest BCUT2D eigenvalue weighted by molar-refractivity contribution is 0.415. The number of benzene rings is 1. The van der Waals surface area contributed by atoms with Crippen LogP contribution in [0.25, 0.3) is 22.4 Å². The fourth-order valence-electron chi connectivity index (χ4n) is 2.31. The highest BCUT2D eigenvalue weighted by Gasteiger charge is 2.11. The highest BCUT2D eigenvalue weighted by atomic mass is 32.1. The van der Waals surface area contributed by atoms with Crippen LogP contribution in [0, 0.1) is 0 Å². The Morgan fingerprint density at radius 2 is 1.88 bits per heavy atom. The van der Waals surface area contributed by atoms with Crippen molar-refractivity contribution in [1.29, 1.82) is 0 Å². The monoisotopic (exact) mass is 336 g/mol. The molecule has 0 saturated carbocycles. The number of nitrogens with zero attached hydrogens (tertiary/aromatic N) is 4. The van der Waals surface area contributed by atoms with Crippen molar-refractivity contribution in [3.63, 3.8) is 0 Å². The molecule has 7 heteroatoms. The lowest BCUT2D eigenvalue weighted by Gasteiger charge is -1.99. The average molecular weight is 336 g/mol. The van der Waals surface area contributed by atoms with Crippen LogP contribution in [0.15, 0.2) is 53.6 Å². The molecule has 118 valence electrons. The molecule has 0 aliphatic heterocycles. The number of rotatable bonds is 3. The quantitative estimate of drug-likeness (QED) is 0.570. The molecule has 0 aliphatic carbocycles. The molecule has 3 heterocycles. The third kappa shape index (κ3) is 2.55. The molecule has 0 aliphatic rings. The molecule has 3 aromatic heterocycles. The molecule has 0 radical (unpaired) electrons. The first kappa shape index (κ1) is 14.5. The summed E-state index contributed by atoms with van der Waals surface area (Å²) in [6.07, 6.45) is 5.20. The summed E-state index contributed by atoms with van der Waals surface area (Å²) in [7, 11) is 1.62. The normalized spacial score (nSPS) is 12.0. The highest BCUT2D eigenvalue weighted by Crippen LogP contribution is 2.20. The smallest absolute Gasteiger partial charge is 0.291 e. The van der Waals surface area contributed by atoms with Crippen LogP contribution >= 0.6 is 11.3 Å². The van der Waals surface area contributed by atoms with Gasteiger partial charge in [-0.25, -0.2) is 0 Å². The van der Waals surface area contributed by atoms with E-state index >= 15 is 0 Å². The topological polar surface area (TPSA) is 69.4 Å². The molecule has 0 saturated heterocycles. The number of hydrogen-bond donors (Lipinski definition) is 0. The Morgan fingerprint density at radius 1 is 1.12 bits per heavy atom. The molecule has 1 aromatic carbocycles. The molecular formula is C17H12N4O2S. The van der Waals surface area contributed by atoms with Crippen molar-refractivity contribution in [3.8, 4) is 17.1 Å². The second-order valence-electron chi connectivity index (χ2n) is 5.05. The maximum absolute atomic E-state index is 12.5. The zero-order chi connectivity index (χ0) is 16.5. The van der Waals surface area contributed by atoms with Crippen LogP contribution in [0.4, 0.5) is 0 Å². The number of thiazole rings is 1. The standard InChI is InChI=1S/C17H12N4O2S/c1-23-13-4-2-12(3-5-13)15-19-17-21(20-15)16(22)14(24-17)10-11-6-8-18-9-7-11/h2-10H,1H3. The van der Waals surface area contributed by atoms with E-state index in [1.54, 1.807) is 19.5 Å². The van der Waals surface area contributed by atoms with Crippen LogP contribution in [-0.4, -0.2) is 26.7 Å². The molecule has 4 aromatic rings. The molecule has 4 rings (SSSR count). The molecule has 0 spiro atoms. The zero-order valence-corrected chi connectivity index (χ0v) is 13.5. The van der Waals surface area contributed by atoms with E-state index in [0.717, 1.165) is 16.9 Å². The van der Waals surface area contributed by atoms with Crippen molar-refractivity contribution in [2.75, 3.05) is 7.11 Å². The van der Waals surface area contributed by atoms with Gasteiger partial charge in [0, 0.05) is 18.0 Å². The summed E-state index contributed by atoms with van der Waals surface area (Å²) in [6.45, 7) is 0. The van der Waals surface area contributed by atoms with E-state index in [1.807, 2.05) is 42.5 Å². The van der Waals surface area contributed by atoms with Crippen molar-refractivity contribution in [2.24, 2.45) is 0 Å². The fraction of sp³-hybridized carbons (Fsp3) is 0.0588. The second kappa shape index (κ2) is 5.86. The van der Waals surface area contributed by atoms with E-state index in [9.17, 15) is 4.79 Å². The average Bonchev–Trinajstić information content (AvgIpc) is 3.16. The first-order valence-corrected chi connectivity index (χ1v) is 8.02. The summed E-state index contributed by atoms with van der Waals surface area (Å²) in [4.78, 5) is 21.5. The highest BCUT2D eigenvalue weighted by molar-refractivity contribution is 7.15. The van der Waals surface area contributed by atoms with Crippen LogP contribution in [0.3, 0.4) is 0 Å². The Balaban J connectivity index is 1.78. The van der Waals surface area contributed by atoms with Gasteiger partial charge in [0.25, 0.3) is 5.56 Å². The first-order valence-electron chi connectivity index (χ1n) is 7.20. The molecule has 0 N–H and O–H groups in total. The third-order valence-corrected chi connectivity index (χ3v) is 4.49. The van der Waals surface area contributed by atoms with Crippen molar-refractivity contribution in [1.82, 2.24) is 19.6 Å². The van der Waals surface area contributed by atoms with Gasteiger partial charge < -0.3 is 4.74 Å². The summed E-state index contributed by atoms with van der Waals surface area (Å²) in [5.41, 5.74) is 1.59. The predicted molar refractivity (Wildman–Crippen MR) is 92.1 cm³/mol. The van der Waals surface area contributed by atoms with E-state index in [1.165, 1.54) is 15.9 Å². The van der Waals surface area contributed by atoms with Gasteiger partial charge >= 0.3 is 0 Å². The third-order valence-electron chi connectivity index (χ3n) is 3.53. The molecule has 24 heavy (non-hydrogen) atoms. The fourth-order valence-corrected chi connectivity index (χ4v) is 3.21. The Labute approximate surface area is 140 Å². The maximum atomic E-state index is 12.5. The van der Waals surface area contributed by atoms with Gasteiger partial charge in [0.1, 0.15) is 5.75 Å². The van der Waals surface area contributed by atoms with Gasteiger partial charge in [0.15, 0.2) is 5.82 Å². The summed E-state index contributed by atoms with van der Waals surface area (Å²) >= 11 is 1.32. The van der Waals surface area contributed by atoms with E-state index < -0.39 is 0 Å². The van der Waals surface area contributed by atoms with E-state index in [4.69, 9.17) is 4.74 Å². The molecule has 0 fully saturated rings. The Morgan fingerprint density at radius 3 is 2.54 bits per heavy atom. The molecule has 0 unspecified atom stereocenters. The van der Waals surface area contributed by atoms with Gasteiger partial charge in [-0.3, -0.25) is 9.78 Å². The minimum absolute atomic E-state index is 0.168. The molecule has 0 bridgehead atoms. The number of pyridine rings is 1. The zero-order valence-electron chi connectivity index (χ0n) is 12.7. The Hall–Kier alpha value is -3.06. The van der Waals surface area contributed by atoms with E-state index in [-0.39, 0.29) is 5.56 Å². The Kier molecular flexibility index (Phi) is 3.55. The number of ether oxygens (including phenoxy) is 1. The van der Waals surface area contributed by atoms with Gasteiger partial charge in [-0.2, -0.15) is 9.50 Å². The number of aromatic nitrogens is 4. The van der Waals surface area contributed by atoms with Crippen molar-refractivity contribution in [3.05, 3.63) is 69.2 Å². The largest absolute Gasteiger partial charge is 0.497 e. The van der Waals surface area contributed by atoms with Crippen LogP contribution in [-0.2, 0) is 0 Å². The van der Waals surface area contributed by atoms with Crippen molar-refractivity contribution >= 4 is 22.4 Å². The predicted octanol–water partition coefficient (Wildman–Crippen LogP) is 1.77. The minimum atomic E-state index is -0.168. The van der Waals surface area contributed by atoms with E-state index in [0.29, 0.717) is 15.3 Å². The summed E-state index contributed by atoms with van der Waals surface area (Å²) in [5.74, 6) is 1.29. The SMILES string of the molecule is COc1ccc(-c2nc3sc(=Cc4ccncc4)c(=O)n3n2)cc1. The number of fused-ring (bicyclic) bond motifs is 1. The summed E-state index contributed by atoms with van der Waals surface area (Å²) < 4.78 is 7.08. The first-order chi connectivity index (χ1) is 11.7. The molecule has 6 nitrogen and oxygen atoms in total. The van der Waals surface area contributed by atoms with Crippen LogP contribution in [0.5, 0.6) is 5.75 Å². The van der Waals surface area contributed by atoms with Crippen molar-refractivity contribution in [2.45, 2.75) is 0 Å². The lowest BCUT2D eigenvalue weighted by Crippen LogP contribution is -2.23. The minimum Gasteiger partial charge on any atom is -0.497 e. The summed E-state index contributed by atoms with van der Waals surface area (Å²) in [5, 5.41) is 4.33. The van der Waals surface area contributed by atoms with Gasteiger partial charge in [-0.15, -0.1) is 5.10 Å². The van der Waals surface area contributed by atoms with Gasteiger partial charge in [-0.1, -0.05) is 11.3 Å². The van der Waals surface area contributed by atoms with Crippen molar-refractivity contribution < 1.29 is 4.74 Å². The van der Waals surface area contributed by atoms with Crippen LogP contribution < -0.4 is 14.8 Å². The number of methoxy groups -OCH3 is 1.